The first-order valence-corrected chi connectivity index (χ1v) is 42.0. The highest BCUT2D eigenvalue weighted by molar-refractivity contribution is 6.90. The number of rotatable bonds is 28. The van der Waals surface area contributed by atoms with Gasteiger partial charge in [-0.3, -0.25) is 0 Å². The average Bonchev–Trinajstić information content (AvgIpc) is 3.31. The Hall–Kier alpha value is 17.7. The van der Waals surface area contributed by atoms with Crippen LogP contribution in [-0.4, -0.2) is 130 Å². The van der Waals surface area contributed by atoms with Crippen LogP contribution in [0.25, 0.3) is 0 Å². The van der Waals surface area contributed by atoms with E-state index in [2.05, 4.69) is 0 Å². The summed E-state index contributed by atoms with van der Waals surface area (Å²) < 4.78 is -109. The van der Waals surface area contributed by atoms with Crippen molar-refractivity contribution in [3.8, 4) is 0 Å². The van der Waals surface area contributed by atoms with Crippen LogP contribution in [0.5, 0.6) is 0 Å². The molecule has 0 amide bonds. The summed E-state index contributed by atoms with van der Waals surface area (Å²) in [5.41, 5.74) is 0. The van der Waals surface area contributed by atoms with E-state index < -0.39 is 130 Å². The van der Waals surface area contributed by atoms with Gasteiger partial charge >= 0.3 is 0 Å². The van der Waals surface area contributed by atoms with Crippen molar-refractivity contribution >= 4 is 708 Å². The smallest absolute Gasteiger partial charge is 0.102 e. The topological polar surface area (TPSA) is 0 Å². The van der Waals surface area contributed by atoms with Crippen molar-refractivity contribution in [2.45, 2.75) is 130 Å². The Bertz CT molecular complexity index is 2600. The van der Waals surface area contributed by atoms with Gasteiger partial charge < -0.3 is 0 Å². The summed E-state index contributed by atoms with van der Waals surface area (Å²) in [6.45, 7) is 0. The monoisotopic (exact) mass is 2490 g/mol. The molecule has 0 saturated heterocycles. The van der Waals surface area contributed by atoms with Crippen molar-refractivity contribution in [1.29, 1.82) is 0 Å². The zero-order valence-electron chi connectivity index (χ0n) is 38.1. The number of halogens is 61. The van der Waals surface area contributed by atoms with Gasteiger partial charge in [0.15, 0.2) is 117 Å². The van der Waals surface area contributed by atoms with Gasteiger partial charge in [-0.2, -0.15) is 0 Å². The molecule has 0 unspecified atom stereocenters. The Kier molecular flexibility index (Phi) is 38.6. The molecular formula is C30HCl61. The van der Waals surface area contributed by atoms with Crippen molar-refractivity contribution in [1.82, 2.24) is 0 Å². The molecule has 0 aliphatic rings. The highest BCUT2D eigenvalue weighted by Crippen LogP contribution is 2.82. The van der Waals surface area contributed by atoms with E-state index in [1.54, 1.807) is 0 Å². The number of hydrogen-bond acceptors (Lipinski definition) is 0. The summed E-state index contributed by atoms with van der Waals surface area (Å²) in [5, 5.41) is 0. The van der Waals surface area contributed by atoms with Gasteiger partial charge in [0.1, 0.15) is 4.84 Å². The van der Waals surface area contributed by atoms with Gasteiger partial charge in [0, 0.05) is 0 Å². The molecule has 0 aliphatic heterocycles. The first kappa shape index (κ1) is 109. The van der Waals surface area contributed by atoms with Crippen LogP contribution in [0.2, 0.25) is 0 Å². The summed E-state index contributed by atoms with van der Waals surface area (Å²) in [6, 6.07) is 0. The Labute approximate surface area is 822 Å². The maximum atomic E-state index is 6.75. The summed E-state index contributed by atoms with van der Waals surface area (Å²) in [5.74, 6) is 0. The van der Waals surface area contributed by atoms with Crippen molar-refractivity contribution < 1.29 is 0 Å². The van der Waals surface area contributed by atoms with Gasteiger partial charge in [-0.1, -0.05) is 684 Å². The molecule has 0 aromatic heterocycles. The zero-order chi connectivity index (χ0) is 76.1. The first-order valence-electron chi connectivity index (χ1n) is 18.9. The van der Waals surface area contributed by atoms with E-state index in [1.807, 2.05) is 0 Å². The van der Waals surface area contributed by atoms with Crippen LogP contribution < -0.4 is 0 Å². The van der Waals surface area contributed by atoms with Gasteiger partial charge in [0.2, 0.25) is 8.13 Å². The predicted molar refractivity (Wildman–Crippen MR) is 440 cm³/mol. The van der Waals surface area contributed by atoms with Gasteiger partial charge in [0.25, 0.3) is 0 Å². The molecule has 0 heterocycles. The molecule has 0 saturated carbocycles. The lowest BCUT2D eigenvalue weighted by molar-refractivity contribution is 0.378. The maximum absolute atomic E-state index is 6.75. The van der Waals surface area contributed by atoms with Crippen LogP contribution in [-0.2, 0) is 0 Å². The van der Waals surface area contributed by atoms with E-state index in [4.69, 9.17) is 708 Å². The van der Waals surface area contributed by atoms with Gasteiger partial charge in [-0.15, -0.1) is 23.2 Å². The third-order valence-electron chi connectivity index (χ3n) is 11.3. The van der Waals surface area contributed by atoms with E-state index in [9.17, 15) is 0 Å². The molecule has 0 N–H and O–H groups in total. The van der Waals surface area contributed by atoms with E-state index >= 15 is 0 Å². The molecule has 548 valence electrons. The fraction of sp³-hybridized carbons (Fsp3) is 1.00. The molecule has 0 fully saturated rings. The molecule has 0 bridgehead atoms. The average molecular weight is 2520 g/mol. The minimum absolute atomic E-state index is 2.03. The SMILES string of the molecule is ClC(Cl)C(Cl)(Cl)C(Cl)(Cl)C(Cl)(Cl)C(Cl)(Cl)C(Cl)(Cl)C(Cl)(Cl)C(Cl)(Cl)C(Cl)(Cl)C(Cl)(Cl)C(Cl)(Cl)C(Cl)(Cl)C(Cl)(Cl)C(Cl)(Cl)C(Cl)(Cl)C(Cl)(Cl)C(Cl)(Cl)C(Cl)(Cl)C(Cl)(Cl)C(Cl)(Cl)C(Cl)(Cl)C(Cl)(Cl)C(Cl)(Cl)C(Cl)(Cl)C(Cl)(Cl)C(Cl)(Cl)C(Cl)(Cl)C(Cl)(Cl)C(Cl)(Cl)C(Cl)(Cl)Cl. The second-order valence-corrected chi connectivity index (χ2v) is 57.5. The summed E-state index contributed by atoms with van der Waals surface area (Å²) in [6.07, 6.45) is 0. The Morgan fingerprint density at radius 1 is 0.0989 bits per heavy atom. The number of alkyl halides is 61. The molecular weight excluding hydrogens is 2520 g/mol. The van der Waals surface area contributed by atoms with Crippen LogP contribution in [0.3, 0.4) is 0 Å². The third-order valence-corrected chi connectivity index (χ3v) is 55.9. The standard InChI is InChI=1S/C30HCl61/c31-1(32)2(33,34)3(35,36)4(37,38)5(39,40)6(41,42)7(43,44)8(45,46)9(47,48)10(49,50)11(51,52)12(53,54)13(55,56)14(57,58)15(59,60)16(61,62)17(63,64)18(65,66)19(67,68)20(69,70)21(71,72)22(73,74)23(75,76)24(77,78)25(79,80)26(81,82)27(83,84)28(85,86)29(87,88)30(89,90)91/h1H. The molecule has 0 rings (SSSR count). The molecule has 0 aromatic rings. The molecule has 0 atom stereocenters. The van der Waals surface area contributed by atoms with Gasteiger partial charge in [0.05, 0.1) is 0 Å². The normalized spacial score (nSPS) is 17.6. The van der Waals surface area contributed by atoms with Gasteiger partial charge in [-0.05, 0) is 0 Å². The first-order chi connectivity index (χ1) is 37.9. The molecule has 91 heavy (non-hydrogen) atoms. The van der Waals surface area contributed by atoms with Crippen LogP contribution >= 0.6 is 708 Å². The lowest BCUT2D eigenvalue weighted by Crippen LogP contribution is -2.77. The summed E-state index contributed by atoms with van der Waals surface area (Å²) in [7, 11) is 0. The zero-order valence-corrected chi connectivity index (χ0v) is 84.2. The fourth-order valence-electron chi connectivity index (χ4n) is 5.45. The van der Waals surface area contributed by atoms with E-state index in [-0.39, 0.29) is 0 Å². The summed E-state index contributed by atoms with van der Waals surface area (Å²) >= 11 is 399. The quantitative estimate of drug-likeness (QED) is 0.0685. The highest BCUT2D eigenvalue weighted by atomic mass is 35.6. The Balaban J connectivity index is 8.38. The molecule has 0 aromatic carbocycles. The highest BCUT2D eigenvalue weighted by Gasteiger charge is 2.92. The van der Waals surface area contributed by atoms with E-state index in [0.717, 1.165) is 0 Å². The number of hydrogen-bond donors (Lipinski definition) is 0. The van der Waals surface area contributed by atoms with E-state index in [1.165, 1.54) is 0 Å². The van der Waals surface area contributed by atoms with Crippen molar-refractivity contribution in [3.63, 3.8) is 0 Å². The molecule has 0 spiro atoms. The van der Waals surface area contributed by atoms with Crippen LogP contribution in [0.15, 0.2) is 0 Å². The van der Waals surface area contributed by atoms with Crippen LogP contribution in [0.1, 0.15) is 0 Å². The second kappa shape index (κ2) is 32.3. The lowest BCUT2D eigenvalue weighted by Gasteiger charge is -2.60. The predicted octanol–water partition coefficient (Wildman–Crippen LogP) is 36.0. The van der Waals surface area contributed by atoms with Crippen LogP contribution in [0.4, 0.5) is 0 Å². The molecule has 0 aliphatic carbocycles. The lowest BCUT2D eigenvalue weighted by atomic mass is 9.94. The summed E-state index contributed by atoms with van der Waals surface area (Å²) in [4.78, 5) is -2.03. The minimum Gasteiger partial charge on any atom is -0.102 e. The minimum atomic E-state index is -4.04. The Morgan fingerprint density at radius 2 is 0.165 bits per heavy atom. The van der Waals surface area contributed by atoms with E-state index in [0.29, 0.717) is 0 Å². The fourth-order valence-corrected chi connectivity index (χ4v) is 27.0. The molecule has 0 nitrogen and oxygen atoms in total. The second-order valence-electron chi connectivity index (χ2n) is 16.9. The third kappa shape index (κ3) is 15.8. The molecule has 0 radical (unpaired) electrons. The van der Waals surface area contributed by atoms with Crippen molar-refractivity contribution in [2.24, 2.45) is 0 Å². The maximum Gasteiger partial charge on any atom is 0.226 e. The van der Waals surface area contributed by atoms with Gasteiger partial charge in [-0.25, -0.2) is 0 Å². The van der Waals surface area contributed by atoms with Crippen molar-refractivity contribution in [2.75, 3.05) is 0 Å². The Morgan fingerprint density at radius 3 is 0.231 bits per heavy atom. The molecule has 61 heteroatoms. The largest absolute Gasteiger partial charge is 0.226 e. The van der Waals surface area contributed by atoms with Crippen LogP contribution in [0, 0.1) is 0 Å². The van der Waals surface area contributed by atoms with Crippen molar-refractivity contribution in [3.05, 3.63) is 0 Å².